The van der Waals surface area contributed by atoms with E-state index < -0.39 is 5.97 Å². The minimum absolute atomic E-state index is 0.0310. The first-order chi connectivity index (χ1) is 6.65. The zero-order valence-corrected chi connectivity index (χ0v) is 8.20. The van der Waals surface area contributed by atoms with Crippen LogP contribution in [0.4, 0.5) is 0 Å². The van der Waals surface area contributed by atoms with Gasteiger partial charge in [0.1, 0.15) is 5.76 Å². The second-order valence-corrected chi connectivity index (χ2v) is 3.01. The van der Waals surface area contributed by atoms with Crippen LogP contribution in [0.5, 0.6) is 0 Å². The summed E-state index contributed by atoms with van der Waals surface area (Å²) in [6, 6.07) is 0.0818. The van der Waals surface area contributed by atoms with Crippen molar-refractivity contribution in [3.8, 4) is 0 Å². The second-order valence-electron chi connectivity index (χ2n) is 3.01. The molecule has 0 aromatic heterocycles. The molecule has 0 aromatic carbocycles. The van der Waals surface area contributed by atoms with E-state index in [1.807, 2.05) is 0 Å². The van der Waals surface area contributed by atoms with Gasteiger partial charge in [-0.1, -0.05) is 0 Å². The Balaban J connectivity index is 2.42. The summed E-state index contributed by atoms with van der Waals surface area (Å²) in [5, 5.41) is 2.69. The highest BCUT2D eigenvalue weighted by Crippen LogP contribution is 2.15. The maximum atomic E-state index is 10.9. The average Bonchev–Trinajstić information content (AvgIpc) is 2.13. The van der Waals surface area contributed by atoms with Crippen LogP contribution in [0, 0.1) is 0 Å². The Bertz CT molecular complexity index is 264. The number of carbonyl (C=O) groups is 2. The van der Waals surface area contributed by atoms with Crippen molar-refractivity contribution in [2.24, 2.45) is 0 Å². The summed E-state index contributed by atoms with van der Waals surface area (Å²) in [5.41, 5.74) is 0. The van der Waals surface area contributed by atoms with Gasteiger partial charge < -0.3 is 14.8 Å². The highest BCUT2D eigenvalue weighted by atomic mass is 16.5. The fourth-order valence-corrected chi connectivity index (χ4v) is 1.19. The molecule has 5 nitrogen and oxygen atoms in total. The quantitative estimate of drug-likeness (QED) is 0.299. The minimum Gasteiger partial charge on any atom is -0.501 e. The number of esters is 1. The van der Waals surface area contributed by atoms with Gasteiger partial charge in [-0.25, -0.2) is 4.79 Å². The van der Waals surface area contributed by atoms with Gasteiger partial charge >= 0.3 is 5.97 Å². The Labute approximate surface area is 82.1 Å². The lowest BCUT2D eigenvalue weighted by Crippen LogP contribution is -2.48. The molecule has 0 spiro atoms. The molecule has 78 valence electrons. The molecule has 1 N–H and O–H groups in total. The Morgan fingerprint density at radius 3 is 2.64 bits per heavy atom. The highest BCUT2D eigenvalue weighted by molar-refractivity contribution is 5.84. The molecule has 1 aliphatic heterocycles. The molecule has 0 aromatic rings. The maximum Gasteiger partial charge on any atom is 0.333 e. The lowest BCUT2D eigenvalue weighted by atomic mass is 10.0. The maximum absolute atomic E-state index is 10.9. The number of nitrogens with one attached hydrogen (secondary N) is 1. The van der Waals surface area contributed by atoms with Gasteiger partial charge in [0.15, 0.2) is 0 Å². The zero-order valence-electron chi connectivity index (χ0n) is 8.20. The Morgan fingerprint density at radius 1 is 1.57 bits per heavy atom. The molecule has 0 bridgehead atoms. The van der Waals surface area contributed by atoms with Gasteiger partial charge in [-0.3, -0.25) is 4.79 Å². The van der Waals surface area contributed by atoms with Crippen molar-refractivity contribution in [2.75, 3.05) is 14.2 Å². The third-order valence-corrected chi connectivity index (χ3v) is 1.99. The standard InChI is InChI=1S/C9H13NO4/c1-13-7(5-9(12)14-2)3-6-4-8(11)10-6/h5-6H,3-4H2,1-2H3,(H,10,11)/b7-5-/t6-/m1/s1. The minimum atomic E-state index is -0.451. The third kappa shape index (κ3) is 2.76. The van der Waals surface area contributed by atoms with Crippen LogP contribution < -0.4 is 5.32 Å². The number of methoxy groups -OCH3 is 2. The van der Waals surface area contributed by atoms with Gasteiger partial charge in [0.2, 0.25) is 5.91 Å². The number of hydrogen-bond donors (Lipinski definition) is 1. The smallest absolute Gasteiger partial charge is 0.333 e. The summed E-state index contributed by atoms with van der Waals surface area (Å²) in [6.45, 7) is 0. The van der Waals surface area contributed by atoms with Crippen LogP contribution in [-0.4, -0.2) is 32.1 Å². The monoisotopic (exact) mass is 199 g/mol. The van der Waals surface area contributed by atoms with Crippen molar-refractivity contribution < 1.29 is 19.1 Å². The first-order valence-electron chi connectivity index (χ1n) is 4.27. The molecule has 1 heterocycles. The molecule has 1 rings (SSSR count). The van der Waals surface area contributed by atoms with Crippen molar-refractivity contribution in [1.82, 2.24) is 5.32 Å². The van der Waals surface area contributed by atoms with Gasteiger partial charge in [0, 0.05) is 18.9 Å². The predicted molar refractivity (Wildman–Crippen MR) is 48.3 cm³/mol. The molecule has 1 amide bonds. The van der Waals surface area contributed by atoms with E-state index in [9.17, 15) is 9.59 Å². The largest absolute Gasteiger partial charge is 0.501 e. The van der Waals surface area contributed by atoms with Gasteiger partial charge in [-0.15, -0.1) is 0 Å². The zero-order chi connectivity index (χ0) is 10.6. The fourth-order valence-electron chi connectivity index (χ4n) is 1.19. The van der Waals surface area contributed by atoms with Crippen LogP contribution in [0.1, 0.15) is 12.8 Å². The third-order valence-electron chi connectivity index (χ3n) is 1.99. The molecule has 5 heteroatoms. The lowest BCUT2D eigenvalue weighted by Gasteiger charge is -2.27. The summed E-state index contributed by atoms with van der Waals surface area (Å²) in [4.78, 5) is 21.5. The summed E-state index contributed by atoms with van der Waals surface area (Å²) < 4.78 is 9.43. The molecule has 0 radical (unpaired) electrons. The van der Waals surface area contributed by atoms with Crippen LogP contribution in [0.25, 0.3) is 0 Å². The summed E-state index contributed by atoms with van der Waals surface area (Å²) >= 11 is 0. The molecule has 0 aliphatic carbocycles. The molecule has 1 atom stereocenters. The van der Waals surface area contributed by atoms with Crippen LogP contribution in [0.2, 0.25) is 0 Å². The van der Waals surface area contributed by atoms with Crippen molar-refractivity contribution in [2.45, 2.75) is 18.9 Å². The van der Waals surface area contributed by atoms with Crippen LogP contribution in [-0.2, 0) is 19.1 Å². The molecule has 0 unspecified atom stereocenters. The van der Waals surface area contributed by atoms with E-state index in [0.29, 0.717) is 18.6 Å². The number of carbonyl (C=O) groups excluding carboxylic acids is 2. The molecular weight excluding hydrogens is 186 g/mol. The van der Waals surface area contributed by atoms with Gasteiger partial charge in [-0.2, -0.15) is 0 Å². The van der Waals surface area contributed by atoms with Crippen LogP contribution in [0.15, 0.2) is 11.8 Å². The Hall–Kier alpha value is -1.52. The molecule has 0 saturated carbocycles. The summed E-state index contributed by atoms with van der Waals surface area (Å²) in [6.07, 6.45) is 2.30. The van der Waals surface area contributed by atoms with E-state index in [0.717, 1.165) is 0 Å². The van der Waals surface area contributed by atoms with Crippen molar-refractivity contribution >= 4 is 11.9 Å². The van der Waals surface area contributed by atoms with Crippen molar-refractivity contribution in [3.63, 3.8) is 0 Å². The summed E-state index contributed by atoms with van der Waals surface area (Å²) in [5.74, 6) is 0.0953. The molecule has 14 heavy (non-hydrogen) atoms. The summed E-state index contributed by atoms with van der Waals surface area (Å²) in [7, 11) is 2.78. The van der Waals surface area contributed by atoms with E-state index >= 15 is 0 Å². The number of hydrogen-bond acceptors (Lipinski definition) is 4. The second kappa shape index (κ2) is 4.64. The number of rotatable bonds is 4. The van der Waals surface area contributed by atoms with E-state index in [1.165, 1.54) is 20.3 Å². The molecule has 1 saturated heterocycles. The fraction of sp³-hybridized carbons (Fsp3) is 0.556. The van der Waals surface area contributed by atoms with E-state index in [1.54, 1.807) is 0 Å². The number of ether oxygens (including phenoxy) is 2. The van der Waals surface area contributed by atoms with Crippen molar-refractivity contribution in [1.29, 1.82) is 0 Å². The van der Waals surface area contributed by atoms with E-state index in [2.05, 4.69) is 10.1 Å². The molecule has 1 aliphatic rings. The average molecular weight is 199 g/mol. The normalized spacial score (nSPS) is 20.9. The predicted octanol–water partition coefficient (Wildman–Crippen LogP) is -0.0317. The van der Waals surface area contributed by atoms with Gasteiger partial charge in [-0.05, 0) is 0 Å². The highest BCUT2D eigenvalue weighted by Gasteiger charge is 2.26. The topological polar surface area (TPSA) is 64.6 Å². The van der Waals surface area contributed by atoms with Crippen LogP contribution >= 0.6 is 0 Å². The Morgan fingerprint density at radius 2 is 2.21 bits per heavy atom. The molecular formula is C9H13NO4. The number of amides is 1. The first kappa shape index (κ1) is 10.6. The van der Waals surface area contributed by atoms with E-state index in [4.69, 9.17) is 4.74 Å². The van der Waals surface area contributed by atoms with Crippen molar-refractivity contribution in [3.05, 3.63) is 11.8 Å². The van der Waals surface area contributed by atoms with E-state index in [-0.39, 0.29) is 11.9 Å². The van der Waals surface area contributed by atoms with Gasteiger partial charge in [0.25, 0.3) is 0 Å². The van der Waals surface area contributed by atoms with Crippen LogP contribution in [0.3, 0.4) is 0 Å². The lowest BCUT2D eigenvalue weighted by molar-refractivity contribution is -0.135. The van der Waals surface area contributed by atoms with Gasteiger partial charge in [0.05, 0.1) is 20.3 Å². The SMILES string of the molecule is COC(=O)/C=C(/C[C@@H]1CC(=O)N1)OC. The number of β-lactam (4-membered cyclic amide) rings is 1. The first-order valence-corrected chi connectivity index (χ1v) is 4.27. The molecule has 1 fully saturated rings. The Kier molecular flexibility index (Phi) is 3.50.